The van der Waals surface area contributed by atoms with Gasteiger partial charge >= 0.3 is 5.69 Å². The van der Waals surface area contributed by atoms with Gasteiger partial charge in [0.1, 0.15) is 0 Å². The number of nitrogens with one attached hydrogen (secondary N) is 1. The van der Waals surface area contributed by atoms with Gasteiger partial charge in [0.2, 0.25) is 0 Å². The Morgan fingerprint density at radius 1 is 1.44 bits per heavy atom. The number of rotatable bonds is 4. The highest BCUT2D eigenvalue weighted by atomic mass is 16.1. The Labute approximate surface area is 91.1 Å². The maximum Gasteiger partial charge on any atom is 0.326 e. The fourth-order valence-electron chi connectivity index (χ4n) is 1.67. The molecule has 0 aliphatic rings. The number of hydrogen-bond donors (Lipinski definition) is 1. The second-order valence-electron chi connectivity index (χ2n) is 3.41. The van der Waals surface area contributed by atoms with Crippen LogP contribution in [0.15, 0.2) is 34.2 Å². The number of hydrogen-bond acceptors (Lipinski definition) is 2. The molecule has 6 nitrogen and oxygen atoms in total. The van der Waals surface area contributed by atoms with Crippen molar-refractivity contribution >= 4 is 11.0 Å². The van der Waals surface area contributed by atoms with E-state index in [2.05, 4.69) is 15.0 Å². The predicted molar refractivity (Wildman–Crippen MR) is 61.2 cm³/mol. The fraction of sp³-hybridized carbons (Fsp3) is 0.300. The third kappa shape index (κ3) is 1.92. The van der Waals surface area contributed by atoms with E-state index in [4.69, 9.17) is 5.53 Å². The van der Waals surface area contributed by atoms with Crippen LogP contribution in [0.1, 0.15) is 6.42 Å². The van der Waals surface area contributed by atoms with Gasteiger partial charge in [0.15, 0.2) is 0 Å². The number of azide groups is 1. The van der Waals surface area contributed by atoms with Crippen molar-refractivity contribution < 1.29 is 0 Å². The minimum atomic E-state index is -0.123. The summed E-state index contributed by atoms with van der Waals surface area (Å²) in [6, 6.07) is 7.52. The third-order valence-electron chi connectivity index (χ3n) is 2.38. The first kappa shape index (κ1) is 10.3. The Bertz CT molecular complexity index is 591. The zero-order valence-electron chi connectivity index (χ0n) is 8.63. The molecule has 1 aromatic carbocycles. The molecule has 0 radical (unpaired) electrons. The quantitative estimate of drug-likeness (QED) is 0.361. The van der Waals surface area contributed by atoms with Gasteiger partial charge in [-0.05, 0) is 24.1 Å². The second kappa shape index (κ2) is 4.55. The monoisotopic (exact) mass is 217 g/mol. The highest BCUT2D eigenvalue weighted by Gasteiger charge is 2.04. The molecule has 0 spiro atoms. The standard InChI is InChI=1S/C10H11N5O/c11-14-12-6-3-7-15-9-5-2-1-4-8(9)13-10(15)16/h1-2,4-5H,3,6-7H2,(H,13,16). The van der Waals surface area contributed by atoms with E-state index in [1.165, 1.54) is 0 Å². The maximum atomic E-state index is 11.6. The van der Waals surface area contributed by atoms with Crippen molar-refractivity contribution in [3.63, 3.8) is 0 Å². The van der Waals surface area contributed by atoms with Crippen LogP contribution in [0.25, 0.3) is 21.5 Å². The minimum absolute atomic E-state index is 0.123. The molecule has 0 saturated carbocycles. The topological polar surface area (TPSA) is 86.6 Å². The molecule has 1 heterocycles. The molecule has 2 aromatic rings. The smallest absolute Gasteiger partial charge is 0.306 e. The lowest BCUT2D eigenvalue weighted by atomic mass is 10.3. The van der Waals surface area contributed by atoms with Crippen molar-refractivity contribution in [1.29, 1.82) is 0 Å². The number of imidazole rings is 1. The van der Waals surface area contributed by atoms with Gasteiger partial charge in [0, 0.05) is 18.0 Å². The molecule has 0 atom stereocenters. The van der Waals surface area contributed by atoms with Crippen LogP contribution in [0.2, 0.25) is 0 Å². The van der Waals surface area contributed by atoms with Gasteiger partial charge in [0.25, 0.3) is 0 Å². The Morgan fingerprint density at radius 2 is 2.25 bits per heavy atom. The maximum absolute atomic E-state index is 11.6. The lowest BCUT2D eigenvalue weighted by molar-refractivity contribution is 0.646. The normalized spacial score (nSPS) is 10.2. The van der Waals surface area contributed by atoms with Crippen molar-refractivity contribution in [2.75, 3.05) is 6.54 Å². The largest absolute Gasteiger partial charge is 0.326 e. The van der Waals surface area contributed by atoms with Gasteiger partial charge in [-0.15, -0.1) is 0 Å². The number of para-hydroxylation sites is 2. The average molecular weight is 217 g/mol. The Kier molecular flexibility index (Phi) is 2.93. The molecule has 0 saturated heterocycles. The molecule has 0 aliphatic heterocycles. The van der Waals surface area contributed by atoms with Crippen LogP contribution in [-0.2, 0) is 6.54 Å². The summed E-state index contributed by atoms with van der Waals surface area (Å²) in [5, 5.41) is 3.44. The summed E-state index contributed by atoms with van der Waals surface area (Å²) in [6.45, 7) is 0.963. The number of aromatic amines is 1. The SMILES string of the molecule is [N-]=[N+]=NCCCn1c(=O)[nH]c2ccccc21. The summed E-state index contributed by atoms with van der Waals surface area (Å²) in [4.78, 5) is 17.0. The summed E-state index contributed by atoms with van der Waals surface area (Å²) in [5.74, 6) is 0. The molecule has 16 heavy (non-hydrogen) atoms. The van der Waals surface area contributed by atoms with E-state index < -0.39 is 0 Å². The Morgan fingerprint density at radius 3 is 3.06 bits per heavy atom. The van der Waals surface area contributed by atoms with E-state index in [9.17, 15) is 4.79 Å². The summed E-state index contributed by atoms with van der Waals surface area (Å²) < 4.78 is 1.65. The van der Waals surface area contributed by atoms with Crippen LogP contribution in [0.5, 0.6) is 0 Å². The van der Waals surface area contributed by atoms with Crippen LogP contribution in [0, 0.1) is 0 Å². The average Bonchev–Trinajstić information content (AvgIpc) is 2.61. The summed E-state index contributed by atoms with van der Waals surface area (Å²) in [6.07, 6.45) is 0.659. The highest BCUT2D eigenvalue weighted by Crippen LogP contribution is 2.09. The molecular formula is C10H11N5O. The summed E-state index contributed by atoms with van der Waals surface area (Å²) in [5.41, 5.74) is 9.72. The molecule has 82 valence electrons. The number of aryl methyl sites for hydroxylation is 1. The number of aromatic nitrogens is 2. The number of nitrogens with zero attached hydrogens (tertiary/aromatic N) is 4. The van der Waals surface area contributed by atoms with Crippen molar-refractivity contribution in [3.05, 3.63) is 45.2 Å². The van der Waals surface area contributed by atoms with Gasteiger partial charge in [-0.25, -0.2) is 4.79 Å². The van der Waals surface area contributed by atoms with E-state index in [1.54, 1.807) is 4.57 Å². The van der Waals surface area contributed by atoms with Gasteiger partial charge in [-0.1, -0.05) is 17.2 Å². The van der Waals surface area contributed by atoms with Gasteiger partial charge < -0.3 is 4.98 Å². The fourth-order valence-corrected chi connectivity index (χ4v) is 1.67. The van der Waals surface area contributed by atoms with Gasteiger partial charge in [0.05, 0.1) is 11.0 Å². The summed E-state index contributed by atoms with van der Waals surface area (Å²) in [7, 11) is 0. The molecule has 0 amide bonds. The van der Waals surface area contributed by atoms with Crippen LogP contribution in [0.3, 0.4) is 0 Å². The molecule has 0 unspecified atom stereocenters. The van der Waals surface area contributed by atoms with Crippen molar-refractivity contribution in [2.45, 2.75) is 13.0 Å². The van der Waals surface area contributed by atoms with Crippen LogP contribution >= 0.6 is 0 Å². The first-order valence-electron chi connectivity index (χ1n) is 5.01. The molecule has 2 rings (SSSR count). The molecule has 1 N–H and O–H groups in total. The summed E-state index contributed by atoms with van der Waals surface area (Å²) >= 11 is 0. The first-order valence-corrected chi connectivity index (χ1v) is 5.01. The molecular weight excluding hydrogens is 206 g/mol. The number of fused-ring (bicyclic) bond motifs is 1. The Balaban J connectivity index is 2.26. The lowest BCUT2D eigenvalue weighted by Crippen LogP contribution is -2.17. The molecule has 0 fully saturated rings. The van der Waals surface area contributed by atoms with Crippen molar-refractivity contribution in [2.24, 2.45) is 5.11 Å². The van der Waals surface area contributed by atoms with E-state index >= 15 is 0 Å². The first-order chi connectivity index (χ1) is 7.83. The van der Waals surface area contributed by atoms with E-state index in [-0.39, 0.29) is 5.69 Å². The Hall–Kier alpha value is -2.20. The van der Waals surface area contributed by atoms with E-state index in [0.717, 1.165) is 11.0 Å². The minimum Gasteiger partial charge on any atom is -0.306 e. The lowest BCUT2D eigenvalue weighted by Gasteiger charge is -2.00. The zero-order chi connectivity index (χ0) is 11.4. The second-order valence-corrected chi connectivity index (χ2v) is 3.41. The molecule has 1 aromatic heterocycles. The number of benzene rings is 1. The van der Waals surface area contributed by atoms with E-state index in [0.29, 0.717) is 19.5 Å². The molecule has 0 bridgehead atoms. The number of H-pyrrole nitrogens is 1. The van der Waals surface area contributed by atoms with Crippen LogP contribution in [-0.4, -0.2) is 16.1 Å². The van der Waals surface area contributed by atoms with E-state index in [1.807, 2.05) is 24.3 Å². The van der Waals surface area contributed by atoms with Gasteiger partial charge in [-0.3, -0.25) is 4.57 Å². The van der Waals surface area contributed by atoms with Crippen LogP contribution in [0.4, 0.5) is 0 Å². The zero-order valence-corrected chi connectivity index (χ0v) is 8.63. The third-order valence-corrected chi connectivity index (χ3v) is 2.38. The predicted octanol–water partition coefficient (Wildman–Crippen LogP) is 2.03. The van der Waals surface area contributed by atoms with Crippen LogP contribution < -0.4 is 5.69 Å². The van der Waals surface area contributed by atoms with Crippen molar-refractivity contribution in [1.82, 2.24) is 9.55 Å². The highest BCUT2D eigenvalue weighted by molar-refractivity contribution is 5.74. The molecule has 0 aliphatic carbocycles. The van der Waals surface area contributed by atoms with Crippen molar-refractivity contribution in [3.8, 4) is 0 Å². The van der Waals surface area contributed by atoms with Gasteiger partial charge in [-0.2, -0.15) is 0 Å². The molecule has 6 heteroatoms.